The molecule has 0 saturated heterocycles. The van der Waals surface area contributed by atoms with Crippen molar-refractivity contribution in [1.29, 1.82) is 0 Å². The molecule has 0 saturated carbocycles. The lowest BCUT2D eigenvalue weighted by Crippen LogP contribution is -2.19. The van der Waals surface area contributed by atoms with E-state index in [0.29, 0.717) is 5.92 Å². The maximum absolute atomic E-state index is 5.50. The van der Waals surface area contributed by atoms with Gasteiger partial charge in [-0.1, -0.05) is 32.9 Å². The van der Waals surface area contributed by atoms with E-state index in [-0.39, 0.29) is 5.41 Å². The Morgan fingerprint density at radius 3 is 2.94 bits per heavy atom. The molecule has 1 aliphatic rings. The molecule has 0 radical (unpaired) electrons. The molecule has 1 aliphatic carbocycles. The van der Waals surface area contributed by atoms with E-state index in [9.17, 15) is 0 Å². The molecule has 0 spiro atoms. The average Bonchev–Trinajstić information content (AvgIpc) is 2.70. The molecular weight excluding hydrogens is 200 g/mol. The summed E-state index contributed by atoms with van der Waals surface area (Å²) in [5, 5.41) is 7.62. The maximum Gasteiger partial charge on any atom is 0.143 e. The third-order valence-electron chi connectivity index (χ3n) is 3.45. The third kappa shape index (κ3) is 1.88. The lowest BCUT2D eigenvalue weighted by Gasteiger charge is -2.18. The third-order valence-corrected chi connectivity index (χ3v) is 3.45. The molecule has 1 aromatic rings. The summed E-state index contributed by atoms with van der Waals surface area (Å²) in [7, 11) is 0. The number of nitrogens with one attached hydrogen (secondary N) is 1. The fourth-order valence-corrected chi connectivity index (χ4v) is 2.86. The first kappa shape index (κ1) is 11.6. The van der Waals surface area contributed by atoms with Crippen LogP contribution < -0.4 is 5.32 Å². The zero-order chi connectivity index (χ0) is 11.8. The molecule has 1 N–H and O–H groups in total. The molecule has 1 aromatic heterocycles. The van der Waals surface area contributed by atoms with Gasteiger partial charge in [0.25, 0.3) is 0 Å². The first-order valence-electron chi connectivity index (χ1n) is 6.26. The van der Waals surface area contributed by atoms with Crippen molar-refractivity contribution in [3.8, 4) is 0 Å². The Bertz CT molecular complexity index is 368. The zero-order valence-electron chi connectivity index (χ0n) is 10.8. The number of nitrogens with zero attached hydrogens (tertiary/aromatic N) is 1. The number of hydrogen-bond acceptors (Lipinski definition) is 3. The summed E-state index contributed by atoms with van der Waals surface area (Å²) < 4.78 is 5.50. The fourth-order valence-electron chi connectivity index (χ4n) is 2.86. The Hall–Kier alpha value is -0.830. The second-order valence-electron chi connectivity index (χ2n) is 5.53. The van der Waals surface area contributed by atoms with Crippen LogP contribution in [0.4, 0.5) is 0 Å². The molecule has 0 aromatic carbocycles. The van der Waals surface area contributed by atoms with Gasteiger partial charge in [0.2, 0.25) is 0 Å². The van der Waals surface area contributed by atoms with Crippen molar-refractivity contribution < 1.29 is 4.52 Å². The number of rotatable bonds is 4. The van der Waals surface area contributed by atoms with Gasteiger partial charge in [-0.3, -0.25) is 0 Å². The van der Waals surface area contributed by atoms with Gasteiger partial charge in [-0.05, 0) is 24.8 Å². The Morgan fingerprint density at radius 2 is 2.25 bits per heavy atom. The molecule has 2 rings (SSSR count). The van der Waals surface area contributed by atoms with Crippen molar-refractivity contribution in [2.75, 3.05) is 6.54 Å². The molecule has 0 amide bonds. The maximum atomic E-state index is 5.50. The molecule has 90 valence electrons. The van der Waals surface area contributed by atoms with Gasteiger partial charge in [0.15, 0.2) is 0 Å². The highest BCUT2D eigenvalue weighted by Gasteiger charge is 2.40. The molecule has 0 bridgehead atoms. The Kier molecular flexibility index (Phi) is 3.06. The van der Waals surface area contributed by atoms with Gasteiger partial charge >= 0.3 is 0 Å². The minimum absolute atomic E-state index is 0.220. The van der Waals surface area contributed by atoms with Crippen LogP contribution in [0, 0.1) is 0 Å². The topological polar surface area (TPSA) is 38.1 Å². The van der Waals surface area contributed by atoms with Crippen molar-refractivity contribution in [3.05, 3.63) is 17.0 Å². The average molecular weight is 222 g/mol. The Balaban J connectivity index is 2.20. The fraction of sp³-hybridized carbons (Fsp3) is 0.769. The summed E-state index contributed by atoms with van der Waals surface area (Å²) in [6.07, 6.45) is 2.32. The van der Waals surface area contributed by atoms with Gasteiger partial charge in [0.1, 0.15) is 11.5 Å². The number of hydrogen-bond donors (Lipinski definition) is 1. The summed E-state index contributed by atoms with van der Waals surface area (Å²) in [4.78, 5) is 0. The predicted molar refractivity (Wildman–Crippen MR) is 64.6 cm³/mol. The van der Waals surface area contributed by atoms with Crippen LogP contribution in [-0.4, -0.2) is 11.7 Å². The Morgan fingerprint density at radius 1 is 1.50 bits per heavy atom. The van der Waals surface area contributed by atoms with Crippen molar-refractivity contribution in [3.63, 3.8) is 0 Å². The Labute approximate surface area is 97.6 Å². The number of aromatic nitrogens is 1. The number of fused-ring (bicyclic) bond motifs is 1. The van der Waals surface area contributed by atoms with Crippen molar-refractivity contribution >= 4 is 0 Å². The van der Waals surface area contributed by atoms with Crippen LogP contribution in [-0.2, 0) is 12.0 Å². The van der Waals surface area contributed by atoms with Gasteiger partial charge < -0.3 is 9.84 Å². The first-order chi connectivity index (χ1) is 7.56. The van der Waals surface area contributed by atoms with E-state index in [1.165, 1.54) is 12.0 Å². The van der Waals surface area contributed by atoms with Crippen LogP contribution in [0.2, 0.25) is 0 Å². The quantitative estimate of drug-likeness (QED) is 0.796. The zero-order valence-corrected chi connectivity index (χ0v) is 10.8. The molecule has 1 unspecified atom stereocenters. The van der Waals surface area contributed by atoms with E-state index < -0.39 is 0 Å². The van der Waals surface area contributed by atoms with Crippen LogP contribution in [0.3, 0.4) is 0 Å². The van der Waals surface area contributed by atoms with Gasteiger partial charge in [0.05, 0.1) is 0 Å². The molecule has 16 heavy (non-hydrogen) atoms. The van der Waals surface area contributed by atoms with E-state index in [1.54, 1.807) is 0 Å². The predicted octanol–water partition coefficient (Wildman–Crippen LogP) is 2.96. The van der Waals surface area contributed by atoms with Crippen molar-refractivity contribution in [2.45, 2.75) is 58.4 Å². The minimum atomic E-state index is 0.220. The minimum Gasteiger partial charge on any atom is -0.360 e. The van der Waals surface area contributed by atoms with Gasteiger partial charge in [0, 0.05) is 18.0 Å². The molecule has 1 atom stereocenters. The smallest absolute Gasteiger partial charge is 0.143 e. The molecular formula is C13H22N2O. The highest BCUT2D eigenvalue weighted by atomic mass is 16.5. The van der Waals surface area contributed by atoms with E-state index in [2.05, 4.69) is 38.2 Å². The van der Waals surface area contributed by atoms with Crippen LogP contribution in [0.15, 0.2) is 4.52 Å². The van der Waals surface area contributed by atoms with E-state index in [1.807, 2.05) is 0 Å². The van der Waals surface area contributed by atoms with Crippen molar-refractivity contribution in [2.24, 2.45) is 0 Å². The van der Waals surface area contributed by atoms with Crippen LogP contribution >= 0.6 is 0 Å². The summed E-state index contributed by atoms with van der Waals surface area (Å²) >= 11 is 0. The van der Waals surface area contributed by atoms with Crippen LogP contribution in [0.1, 0.15) is 63.5 Å². The highest BCUT2D eigenvalue weighted by molar-refractivity contribution is 5.38. The van der Waals surface area contributed by atoms with E-state index in [4.69, 9.17) is 4.52 Å². The normalized spacial score (nSPS) is 22.4. The second kappa shape index (κ2) is 4.21. The summed E-state index contributed by atoms with van der Waals surface area (Å²) in [6.45, 7) is 10.8. The molecule has 0 fully saturated rings. The summed E-state index contributed by atoms with van der Waals surface area (Å²) in [6, 6.07) is 0. The molecule has 0 aliphatic heterocycles. The van der Waals surface area contributed by atoms with E-state index >= 15 is 0 Å². The first-order valence-corrected chi connectivity index (χ1v) is 6.26. The summed E-state index contributed by atoms with van der Waals surface area (Å²) in [5.41, 5.74) is 2.68. The van der Waals surface area contributed by atoms with Gasteiger partial charge in [-0.2, -0.15) is 0 Å². The van der Waals surface area contributed by atoms with Crippen molar-refractivity contribution in [1.82, 2.24) is 10.5 Å². The highest BCUT2D eigenvalue weighted by Crippen LogP contribution is 2.47. The molecule has 3 heteroatoms. The second-order valence-corrected chi connectivity index (χ2v) is 5.53. The lowest BCUT2D eigenvalue weighted by atomic mass is 9.85. The van der Waals surface area contributed by atoms with Gasteiger partial charge in [-0.25, -0.2) is 0 Å². The summed E-state index contributed by atoms with van der Waals surface area (Å²) in [5.74, 6) is 1.62. The van der Waals surface area contributed by atoms with E-state index in [0.717, 1.165) is 31.0 Å². The standard InChI is InChI=1S/C13H22N2O/c1-5-6-14-8-10-11-12(16-15-10)9(2)7-13(11,3)4/h9,14H,5-8H2,1-4H3. The SMILES string of the molecule is CCCNCc1noc2c1C(C)(C)CC2C. The largest absolute Gasteiger partial charge is 0.360 e. The molecule has 1 heterocycles. The lowest BCUT2D eigenvalue weighted by molar-refractivity contribution is 0.352. The van der Waals surface area contributed by atoms with Gasteiger partial charge in [-0.15, -0.1) is 0 Å². The molecule has 3 nitrogen and oxygen atoms in total. The van der Waals surface area contributed by atoms with Crippen LogP contribution in [0.25, 0.3) is 0 Å². The van der Waals surface area contributed by atoms with Crippen LogP contribution in [0.5, 0.6) is 0 Å². The monoisotopic (exact) mass is 222 g/mol.